The zero-order chi connectivity index (χ0) is 30.8. The number of hydrogen-bond donors (Lipinski definition) is 0. The van der Waals surface area contributed by atoms with Crippen molar-refractivity contribution in [2.75, 3.05) is 18.2 Å². The number of benzene rings is 4. The lowest BCUT2D eigenvalue weighted by Gasteiger charge is -2.40. The van der Waals surface area contributed by atoms with Crippen molar-refractivity contribution in [2.45, 2.75) is 38.8 Å². The van der Waals surface area contributed by atoms with Crippen molar-refractivity contribution in [2.24, 2.45) is 5.10 Å². The lowest BCUT2D eigenvalue weighted by molar-refractivity contribution is -0.143. The first-order valence-corrected chi connectivity index (χ1v) is 14.8. The number of nitrogens with zero attached hydrogens (tertiary/aromatic N) is 3. The number of esters is 2. The summed E-state index contributed by atoms with van der Waals surface area (Å²) in [5, 5.41) is 8.12. The van der Waals surface area contributed by atoms with Crippen LogP contribution in [0.5, 0.6) is 0 Å². The zero-order valence-corrected chi connectivity index (χ0v) is 24.9. The molecule has 8 nitrogen and oxygen atoms in total. The third-order valence-corrected chi connectivity index (χ3v) is 8.23. The molecule has 2 heterocycles. The standard InChI is InChI=1S/C36H33N3O5/c1-4-43-33(40)30-31(28-21-20-26-16-12-13-17-27(26)22-28)36(24(3)37-39(35(36)42)29-18-10-7-11-19-29)38(32(30)34(41)44-5-2)23-25-14-8-6-9-15-25/h6-22,31H,4-5,23H2,1-3H3. The summed E-state index contributed by atoms with van der Waals surface area (Å²) in [4.78, 5) is 44.8. The maximum absolute atomic E-state index is 15.1. The molecule has 0 fully saturated rings. The lowest BCUT2D eigenvalue weighted by atomic mass is 9.73. The minimum Gasteiger partial charge on any atom is -0.463 e. The van der Waals surface area contributed by atoms with Gasteiger partial charge in [-0.2, -0.15) is 10.1 Å². The topological polar surface area (TPSA) is 88.5 Å². The van der Waals surface area contributed by atoms with Crippen LogP contribution in [0.4, 0.5) is 5.69 Å². The van der Waals surface area contributed by atoms with Gasteiger partial charge in [0.15, 0.2) is 5.54 Å². The van der Waals surface area contributed by atoms with Crippen LogP contribution in [0, 0.1) is 0 Å². The Morgan fingerprint density at radius 3 is 2.09 bits per heavy atom. The molecule has 2 aliphatic rings. The van der Waals surface area contributed by atoms with Gasteiger partial charge in [0.25, 0.3) is 5.91 Å². The van der Waals surface area contributed by atoms with Gasteiger partial charge in [0.2, 0.25) is 0 Å². The summed E-state index contributed by atoms with van der Waals surface area (Å²) in [6.45, 7) is 5.52. The van der Waals surface area contributed by atoms with Gasteiger partial charge >= 0.3 is 11.9 Å². The number of amides is 1. The minimum atomic E-state index is -1.57. The summed E-state index contributed by atoms with van der Waals surface area (Å²) in [6, 6.07) is 32.4. The fourth-order valence-corrected chi connectivity index (χ4v) is 6.41. The van der Waals surface area contributed by atoms with Crippen molar-refractivity contribution in [3.05, 3.63) is 126 Å². The molecule has 4 aromatic carbocycles. The number of carbonyl (C=O) groups is 3. The van der Waals surface area contributed by atoms with Crippen LogP contribution in [-0.4, -0.2) is 47.2 Å². The third kappa shape index (κ3) is 4.63. The van der Waals surface area contributed by atoms with E-state index < -0.39 is 23.4 Å². The second kappa shape index (κ2) is 11.8. The summed E-state index contributed by atoms with van der Waals surface area (Å²) >= 11 is 0. The van der Waals surface area contributed by atoms with E-state index in [0.29, 0.717) is 17.0 Å². The van der Waals surface area contributed by atoms with Crippen LogP contribution in [0.2, 0.25) is 0 Å². The second-order valence-corrected chi connectivity index (χ2v) is 10.7. The molecular weight excluding hydrogens is 554 g/mol. The first kappa shape index (κ1) is 28.9. The molecule has 0 saturated carbocycles. The molecule has 0 radical (unpaired) electrons. The van der Waals surface area contributed by atoms with Crippen molar-refractivity contribution in [3.8, 4) is 0 Å². The van der Waals surface area contributed by atoms with Gasteiger partial charge in [0, 0.05) is 6.54 Å². The smallest absolute Gasteiger partial charge is 0.355 e. The monoisotopic (exact) mass is 587 g/mol. The van der Waals surface area contributed by atoms with E-state index in [2.05, 4.69) is 0 Å². The summed E-state index contributed by atoms with van der Waals surface area (Å²) < 4.78 is 11.2. The lowest BCUT2D eigenvalue weighted by Crippen LogP contribution is -2.59. The van der Waals surface area contributed by atoms with E-state index in [1.165, 1.54) is 5.01 Å². The minimum absolute atomic E-state index is 0.00474. The number of para-hydroxylation sites is 1. The van der Waals surface area contributed by atoms with Gasteiger partial charge < -0.3 is 14.4 Å². The highest BCUT2D eigenvalue weighted by Crippen LogP contribution is 2.54. The van der Waals surface area contributed by atoms with E-state index in [-0.39, 0.29) is 36.9 Å². The molecule has 1 spiro atoms. The molecule has 0 N–H and O–H groups in total. The molecule has 0 bridgehead atoms. The average molecular weight is 588 g/mol. The van der Waals surface area contributed by atoms with E-state index in [4.69, 9.17) is 14.6 Å². The summed E-state index contributed by atoms with van der Waals surface area (Å²) in [5.74, 6) is -2.69. The molecule has 1 amide bonds. The molecule has 2 aliphatic heterocycles. The van der Waals surface area contributed by atoms with E-state index in [9.17, 15) is 9.59 Å². The molecule has 2 atom stereocenters. The van der Waals surface area contributed by atoms with Gasteiger partial charge in [-0.05, 0) is 54.8 Å². The van der Waals surface area contributed by atoms with Crippen LogP contribution in [0.3, 0.4) is 0 Å². The van der Waals surface area contributed by atoms with Crippen LogP contribution < -0.4 is 5.01 Å². The highest BCUT2D eigenvalue weighted by molar-refractivity contribution is 6.26. The Balaban J connectivity index is 1.67. The Morgan fingerprint density at radius 2 is 1.41 bits per heavy atom. The van der Waals surface area contributed by atoms with E-state index >= 15 is 4.79 Å². The van der Waals surface area contributed by atoms with Gasteiger partial charge in [-0.3, -0.25) is 4.79 Å². The molecule has 222 valence electrons. The molecule has 2 unspecified atom stereocenters. The second-order valence-electron chi connectivity index (χ2n) is 10.7. The number of hydrazone groups is 1. The predicted octanol–water partition coefficient (Wildman–Crippen LogP) is 5.98. The van der Waals surface area contributed by atoms with E-state index in [0.717, 1.165) is 16.3 Å². The number of ether oxygens (including phenoxy) is 2. The number of carbonyl (C=O) groups excluding carboxylic acids is 3. The highest BCUT2D eigenvalue weighted by atomic mass is 16.5. The van der Waals surface area contributed by atoms with Gasteiger partial charge in [-0.15, -0.1) is 0 Å². The van der Waals surface area contributed by atoms with Crippen molar-refractivity contribution in [1.82, 2.24) is 4.90 Å². The van der Waals surface area contributed by atoms with E-state index in [1.807, 2.05) is 91.0 Å². The number of fused-ring (bicyclic) bond motifs is 1. The molecule has 8 heteroatoms. The summed E-state index contributed by atoms with van der Waals surface area (Å²) in [5.41, 5.74) is 1.06. The molecule has 44 heavy (non-hydrogen) atoms. The Labute approximate surface area is 256 Å². The Morgan fingerprint density at radius 1 is 0.795 bits per heavy atom. The fraction of sp³-hybridized carbons (Fsp3) is 0.222. The van der Waals surface area contributed by atoms with Crippen LogP contribution in [-0.2, 0) is 30.4 Å². The van der Waals surface area contributed by atoms with Gasteiger partial charge in [0.05, 0.1) is 36.1 Å². The van der Waals surface area contributed by atoms with Crippen molar-refractivity contribution in [1.29, 1.82) is 0 Å². The quantitative estimate of drug-likeness (QED) is 0.236. The van der Waals surface area contributed by atoms with Crippen molar-refractivity contribution in [3.63, 3.8) is 0 Å². The maximum atomic E-state index is 15.1. The first-order chi connectivity index (χ1) is 21.4. The average Bonchev–Trinajstić information content (AvgIpc) is 3.49. The Hall–Kier alpha value is -5.24. The summed E-state index contributed by atoms with van der Waals surface area (Å²) in [7, 11) is 0. The molecule has 4 aromatic rings. The number of anilines is 1. The van der Waals surface area contributed by atoms with Crippen LogP contribution in [0.15, 0.2) is 119 Å². The number of hydrogen-bond acceptors (Lipinski definition) is 7. The van der Waals surface area contributed by atoms with Gasteiger partial charge in [-0.25, -0.2) is 9.59 Å². The highest BCUT2D eigenvalue weighted by Gasteiger charge is 2.67. The van der Waals surface area contributed by atoms with Crippen LogP contribution >= 0.6 is 0 Å². The SMILES string of the molecule is CCOC(=O)C1=C(C(=O)OCC)N(Cc2ccccc2)C2(C(=O)N(c3ccccc3)N=C2C)C1c1ccc2ccccc2c1. The maximum Gasteiger partial charge on any atom is 0.355 e. The molecular formula is C36H33N3O5. The van der Waals surface area contributed by atoms with E-state index in [1.54, 1.807) is 37.8 Å². The van der Waals surface area contributed by atoms with Crippen LogP contribution in [0.25, 0.3) is 10.8 Å². The molecule has 6 rings (SSSR count). The Bertz CT molecular complexity index is 1800. The van der Waals surface area contributed by atoms with Gasteiger partial charge in [-0.1, -0.05) is 91.0 Å². The van der Waals surface area contributed by atoms with Crippen LogP contribution in [0.1, 0.15) is 37.8 Å². The third-order valence-electron chi connectivity index (χ3n) is 8.23. The largest absolute Gasteiger partial charge is 0.463 e. The fourth-order valence-electron chi connectivity index (χ4n) is 6.41. The normalized spacial score (nSPS) is 19.6. The zero-order valence-electron chi connectivity index (χ0n) is 24.9. The van der Waals surface area contributed by atoms with Crippen molar-refractivity contribution >= 4 is 40.0 Å². The van der Waals surface area contributed by atoms with Crippen molar-refractivity contribution < 1.29 is 23.9 Å². The van der Waals surface area contributed by atoms with Gasteiger partial charge in [0.1, 0.15) is 5.70 Å². The Kier molecular flexibility index (Phi) is 7.74. The first-order valence-electron chi connectivity index (χ1n) is 14.8. The molecule has 0 aliphatic carbocycles. The predicted molar refractivity (Wildman–Crippen MR) is 169 cm³/mol. The summed E-state index contributed by atoms with van der Waals surface area (Å²) in [6.07, 6.45) is 0. The number of rotatable bonds is 8. The molecule has 0 saturated heterocycles. The molecule has 0 aromatic heterocycles.